The van der Waals surface area contributed by atoms with Gasteiger partial charge in [-0.1, -0.05) is 249 Å². The zero-order valence-corrected chi connectivity index (χ0v) is 64.8. The minimum Gasteiger partial charge on any atom is -0.226 e. The first-order valence-corrected chi connectivity index (χ1v) is 42.3. The molecule has 0 atom stereocenters. The molecule has 0 N–H and O–H groups in total. The van der Waals surface area contributed by atoms with Crippen LogP contribution in [-0.4, -0.2) is 49.8 Å². The zero-order valence-electron chi connectivity index (χ0n) is 59.9. The van der Waals surface area contributed by atoms with Gasteiger partial charge in [-0.3, -0.25) is 0 Å². The molecule has 0 saturated heterocycles. The third kappa shape index (κ3) is 10.6. The molecule has 10 nitrogen and oxygen atoms in total. The Kier molecular flexibility index (Phi) is 14.9. The van der Waals surface area contributed by atoms with Gasteiger partial charge in [0.05, 0.1) is 31.8 Å². The van der Waals surface area contributed by atoms with Crippen LogP contribution in [0.4, 0.5) is 0 Å². The Morgan fingerprint density at radius 3 is 1.09 bits per heavy atom. The fraction of sp³-hybridized carbons (Fsp3) is 0. The van der Waals surface area contributed by atoms with Gasteiger partial charge in [0.2, 0.25) is 0 Å². The number of thiophene rings is 6. The van der Waals surface area contributed by atoms with Crippen LogP contribution in [-0.2, 0) is 0 Å². The molecule has 0 spiro atoms. The summed E-state index contributed by atoms with van der Waals surface area (Å²) < 4.78 is 13.7. The Labute approximate surface area is 673 Å². The van der Waals surface area contributed by atoms with E-state index >= 15 is 0 Å². The summed E-state index contributed by atoms with van der Waals surface area (Å²) >= 11 is 10.6. The van der Waals surface area contributed by atoms with Crippen LogP contribution < -0.4 is 0 Å². The van der Waals surface area contributed by atoms with Gasteiger partial charge in [-0.2, -0.15) is 0 Å². The van der Waals surface area contributed by atoms with Crippen molar-refractivity contribution < 1.29 is 0 Å². The summed E-state index contributed by atoms with van der Waals surface area (Å²) in [4.78, 5) is 54.4. The first-order chi connectivity index (χ1) is 56.4. The molecule has 0 saturated carbocycles. The normalized spacial score (nSPS) is 12.0. The number of hydrogen-bond acceptors (Lipinski definition) is 16. The van der Waals surface area contributed by atoms with Crippen LogP contribution in [0, 0.1) is 0 Å². The molecule has 114 heavy (non-hydrogen) atoms. The highest BCUT2D eigenvalue weighted by atomic mass is 32.1. The van der Waals surface area contributed by atoms with E-state index in [2.05, 4.69) is 297 Å². The Balaban J connectivity index is 0.610. The van der Waals surface area contributed by atoms with Crippen LogP contribution in [0.15, 0.2) is 315 Å². The third-order valence-corrected chi connectivity index (χ3v) is 28.7. The van der Waals surface area contributed by atoms with Crippen molar-refractivity contribution in [2.75, 3.05) is 0 Å². The summed E-state index contributed by atoms with van der Waals surface area (Å²) in [6.07, 6.45) is 0. The SMILES string of the molecule is c1ccc(-c2nc(-c3cccc4c3sc3cccc(-c5nc(-c6cccc(-c7ccc(-c8nc(-c9ccc%10c(c9)sc9c(-c%11nc(-c%12ccccc%12)c%12sc%13ccccc%13c%12n%11)cccc9%10)nc(-c9cccc%10sc%11ccccc%11c9%10)n8)cc7)c6)c6sc7ccccc7c6n5)c34)nc(-c3cccc4sc5ccccc5c34)n2)cc1. The molecule has 0 aliphatic heterocycles. The van der Waals surface area contributed by atoms with Crippen molar-refractivity contribution >= 4 is 189 Å². The molecule has 0 unspecified atom stereocenters. The van der Waals surface area contributed by atoms with Gasteiger partial charge < -0.3 is 0 Å². The number of benzene rings is 14. The van der Waals surface area contributed by atoms with Gasteiger partial charge in [-0.05, 0) is 77.9 Å². The monoisotopic (exact) mass is 1560 g/mol. The van der Waals surface area contributed by atoms with Gasteiger partial charge in [0.25, 0.3) is 0 Å². The van der Waals surface area contributed by atoms with Crippen LogP contribution in [0.2, 0.25) is 0 Å². The van der Waals surface area contributed by atoms with Crippen molar-refractivity contribution in [1.82, 2.24) is 49.8 Å². The molecule has 10 aromatic heterocycles. The topological polar surface area (TPSA) is 129 Å². The van der Waals surface area contributed by atoms with Gasteiger partial charge in [0, 0.05) is 156 Å². The fourth-order valence-corrected chi connectivity index (χ4v) is 23.5. The highest BCUT2D eigenvalue weighted by Gasteiger charge is 2.26. The first kappa shape index (κ1) is 65.3. The van der Waals surface area contributed by atoms with Crippen molar-refractivity contribution in [1.29, 1.82) is 0 Å². The minimum atomic E-state index is 0.576. The fourth-order valence-electron chi connectivity index (χ4n) is 16.4. The van der Waals surface area contributed by atoms with Crippen molar-refractivity contribution in [2.45, 2.75) is 0 Å². The van der Waals surface area contributed by atoms with Crippen LogP contribution >= 0.6 is 68.0 Å². The van der Waals surface area contributed by atoms with E-state index in [1.165, 1.54) is 34.3 Å². The van der Waals surface area contributed by atoms with Crippen molar-refractivity contribution in [3.63, 3.8) is 0 Å². The Bertz CT molecular complexity index is 8140. The van der Waals surface area contributed by atoms with Crippen molar-refractivity contribution in [3.8, 4) is 125 Å². The van der Waals surface area contributed by atoms with Gasteiger partial charge in [0.15, 0.2) is 46.6 Å². The maximum absolute atomic E-state index is 5.69. The van der Waals surface area contributed by atoms with Gasteiger partial charge in [-0.15, -0.1) is 68.0 Å². The quantitative estimate of drug-likeness (QED) is 0.123. The maximum Gasteiger partial charge on any atom is 0.165 e. The number of fused-ring (bicyclic) bond motifs is 18. The summed E-state index contributed by atoms with van der Waals surface area (Å²) in [7, 11) is 0. The number of rotatable bonds is 11. The molecule has 530 valence electrons. The molecule has 14 aromatic carbocycles. The van der Waals surface area contributed by atoms with Crippen LogP contribution in [0.1, 0.15) is 0 Å². The molecular weight excluding hydrogens is 1510 g/mol. The van der Waals surface area contributed by atoms with Gasteiger partial charge >= 0.3 is 0 Å². The molecule has 0 radical (unpaired) electrons. The van der Waals surface area contributed by atoms with E-state index in [0.717, 1.165) is 165 Å². The van der Waals surface area contributed by atoms with E-state index in [1.54, 1.807) is 68.0 Å². The molecule has 0 bridgehead atoms. The predicted molar refractivity (Wildman–Crippen MR) is 482 cm³/mol. The van der Waals surface area contributed by atoms with Crippen molar-refractivity contribution in [2.24, 2.45) is 0 Å². The lowest BCUT2D eigenvalue weighted by molar-refractivity contribution is 1.08. The smallest absolute Gasteiger partial charge is 0.165 e. The highest BCUT2D eigenvalue weighted by molar-refractivity contribution is 7.28. The second-order valence-corrected chi connectivity index (χ2v) is 34.7. The Hall–Kier alpha value is -13.4. The number of nitrogens with zero attached hydrogens (tertiary/aromatic N) is 10. The summed E-state index contributed by atoms with van der Waals surface area (Å²) in [6, 6.07) is 111. The largest absolute Gasteiger partial charge is 0.226 e. The standard InChI is InChI=1S/C98H52N10S6/c1-3-21-54(22-4-1)83-89-85(64-29-9-13-40-74(64)111-89)102-97(99-83)70-36-16-31-61-60-50-49-59(52-79(60)114-87(61)70)93-103-92(105-95(107-93)67-33-18-42-76-80(67)62-27-7-11-38-72(62)109-76)56-47-45-53(46-48-56)57-25-15-26-58(51-57)84-90-86(65-30-10-14-41-75(65)112-90)101-94(100-84)69-35-20-44-78-82(69)66-32-17-37-71(88(66)113-78)98-106-91(55-23-5-2-6-24-55)104-96(108-98)68-34-19-43-77-81(68)63-28-8-12-39-73(63)110-77/h1-52H. The lowest BCUT2D eigenvalue weighted by Gasteiger charge is -2.11. The molecule has 16 heteroatoms. The van der Waals surface area contributed by atoms with E-state index < -0.39 is 0 Å². The van der Waals surface area contributed by atoms with Crippen LogP contribution in [0.25, 0.3) is 246 Å². The van der Waals surface area contributed by atoms with E-state index in [0.29, 0.717) is 46.6 Å². The highest BCUT2D eigenvalue weighted by Crippen LogP contribution is 2.50. The molecule has 0 amide bonds. The Morgan fingerprint density at radius 2 is 0.500 bits per heavy atom. The Morgan fingerprint density at radius 1 is 0.158 bits per heavy atom. The van der Waals surface area contributed by atoms with Gasteiger partial charge in [-0.25, -0.2) is 49.8 Å². The second-order valence-electron chi connectivity index (χ2n) is 28.4. The molecule has 0 aliphatic rings. The second kappa shape index (κ2) is 26.1. The predicted octanol–water partition coefficient (Wildman–Crippen LogP) is 28.2. The van der Waals surface area contributed by atoms with Crippen LogP contribution in [0.3, 0.4) is 0 Å². The molecule has 24 rings (SSSR count). The summed E-state index contributed by atoms with van der Waals surface area (Å²) in [6.45, 7) is 0. The molecule has 0 aliphatic carbocycles. The summed E-state index contributed by atoms with van der Waals surface area (Å²) in [5.41, 5.74) is 15.3. The first-order valence-electron chi connectivity index (χ1n) is 37.4. The minimum absolute atomic E-state index is 0.576. The summed E-state index contributed by atoms with van der Waals surface area (Å²) in [5, 5.41) is 11.3. The summed E-state index contributed by atoms with van der Waals surface area (Å²) in [5.74, 6) is 4.98. The van der Waals surface area contributed by atoms with E-state index in [4.69, 9.17) is 49.8 Å². The molecule has 0 fully saturated rings. The molecule has 10 heterocycles. The third-order valence-electron chi connectivity index (χ3n) is 21.7. The lowest BCUT2D eigenvalue weighted by Crippen LogP contribution is -2.00. The maximum atomic E-state index is 5.69. The van der Waals surface area contributed by atoms with Gasteiger partial charge in [0.1, 0.15) is 0 Å². The van der Waals surface area contributed by atoms with Crippen LogP contribution in [0.5, 0.6) is 0 Å². The average Bonchev–Trinajstić information content (AvgIpc) is 1.56. The zero-order chi connectivity index (χ0) is 74.6. The van der Waals surface area contributed by atoms with Crippen molar-refractivity contribution in [3.05, 3.63) is 315 Å². The van der Waals surface area contributed by atoms with E-state index in [1.807, 2.05) is 18.2 Å². The van der Waals surface area contributed by atoms with E-state index in [-0.39, 0.29) is 0 Å². The average molecular weight is 1560 g/mol. The number of aromatic nitrogens is 10. The number of hydrogen-bond donors (Lipinski definition) is 0. The van der Waals surface area contributed by atoms with E-state index in [9.17, 15) is 0 Å². The lowest BCUT2D eigenvalue weighted by atomic mass is 9.99. The molecular formula is C98H52N10S6. The molecule has 24 aromatic rings.